The van der Waals surface area contributed by atoms with Crippen molar-refractivity contribution in [3.8, 4) is 0 Å². The third-order valence-corrected chi connectivity index (χ3v) is 7.74. The van der Waals surface area contributed by atoms with Crippen LogP contribution >= 0.6 is 0 Å². The van der Waals surface area contributed by atoms with E-state index in [0.717, 1.165) is 12.8 Å². The number of carbonyl (C=O) groups is 1. The van der Waals surface area contributed by atoms with Crippen molar-refractivity contribution in [2.75, 3.05) is 39.4 Å². The maximum Gasteiger partial charge on any atom is 0.243 e. The van der Waals surface area contributed by atoms with Gasteiger partial charge >= 0.3 is 0 Å². The minimum Gasteiger partial charge on any atom is -0.381 e. The molecule has 2 aliphatic rings. The van der Waals surface area contributed by atoms with Crippen LogP contribution in [0.2, 0.25) is 0 Å². The van der Waals surface area contributed by atoms with Crippen molar-refractivity contribution in [3.63, 3.8) is 0 Å². The fourth-order valence-electron chi connectivity index (χ4n) is 3.81. The Morgan fingerprint density at radius 1 is 1.19 bits per heavy atom. The zero-order chi connectivity index (χ0) is 19.3. The molecule has 1 aromatic carbocycles. The van der Waals surface area contributed by atoms with Crippen molar-refractivity contribution in [3.05, 3.63) is 30.3 Å². The van der Waals surface area contributed by atoms with Crippen LogP contribution in [0, 0.1) is 11.3 Å². The lowest BCUT2D eigenvalue weighted by Gasteiger charge is -2.36. The van der Waals surface area contributed by atoms with Gasteiger partial charge in [-0.3, -0.25) is 4.79 Å². The smallest absolute Gasteiger partial charge is 0.243 e. The van der Waals surface area contributed by atoms with Crippen molar-refractivity contribution in [2.24, 2.45) is 17.1 Å². The molecule has 0 unspecified atom stereocenters. The summed E-state index contributed by atoms with van der Waals surface area (Å²) >= 11 is 0. The van der Waals surface area contributed by atoms with E-state index in [1.54, 1.807) is 34.6 Å². The van der Waals surface area contributed by atoms with Gasteiger partial charge in [0.1, 0.15) is 0 Å². The normalized spacial score (nSPS) is 21.7. The molecule has 1 amide bonds. The second-order valence-electron chi connectivity index (χ2n) is 7.47. The van der Waals surface area contributed by atoms with E-state index < -0.39 is 15.4 Å². The Morgan fingerprint density at radius 3 is 2.41 bits per heavy atom. The summed E-state index contributed by atoms with van der Waals surface area (Å²) < 4.78 is 32.3. The number of rotatable bonds is 6. The molecule has 3 rings (SSSR count). The van der Waals surface area contributed by atoms with Gasteiger partial charge in [-0.25, -0.2) is 8.42 Å². The molecule has 1 aromatic rings. The highest BCUT2D eigenvalue weighted by Crippen LogP contribution is 2.30. The Balaban J connectivity index is 1.50. The molecule has 0 bridgehead atoms. The number of sulfonamides is 1. The highest BCUT2D eigenvalue weighted by molar-refractivity contribution is 7.89. The second-order valence-corrected chi connectivity index (χ2v) is 9.41. The Bertz CT molecular complexity index is 725. The maximum absolute atomic E-state index is 12.7. The zero-order valence-electron chi connectivity index (χ0n) is 15.6. The summed E-state index contributed by atoms with van der Waals surface area (Å²) in [6, 6.07) is 8.53. The summed E-state index contributed by atoms with van der Waals surface area (Å²) in [5.74, 6) is 0.290. The third kappa shape index (κ3) is 4.51. The summed E-state index contributed by atoms with van der Waals surface area (Å²) in [6.07, 6.45) is 2.79. The number of nitrogens with zero attached hydrogens (tertiary/aromatic N) is 1. The average molecular weight is 396 g/mol. The van der Waals surface area contributed by atoms with Gasteiger partial charge in [0.15, 0.2) is 0 Å². The molecule has 27 heavy (non-hydrogen) atoms. The SMILES string of the molecule is NCC1(C(=O)NCC2CCN(S(=O)(=O)c3ccccc3)CC2)CCOCC1. The van der Waals surface area contributed by atoms with Crippen molar-refractivity contribution in [2.45, 2.75) is 30.6 Å². The monoisotopic (exact) mass is 395 g/mol. The van der Waals surface area contributed by atoms with E-state index in [4.69, 9.17) is 10.5 Å². The zero-order valence-corrected chi connectivity index (χ0v) is 16.4. The fourth-order valence-corrected chi connectivity index (χ4v) is 5.30. The van der Waals surface area contributed by atoms with E-state index in [9.17, 15) is 13.2 Å². The minimum absolute atomic E-state index is 0.00707. The van der Waals surface area contributed by atoms with E-state index in [1.807, 2.05) is 0 Å². The minimum atomic E-state index is -3.43. The lowest BCUT2D eigenvalue weighted by atomic mass is 9.79. The number of hydrogen-bond acceptors (Lipinski definition) is 5. The molecular formula is C19H29N3O4S. The fraction of sp³-hybridized carbons (Fsp3) is 0.632. The molecule has 0 aromatic heterocycles. The van der Waals surface area contributed by atoms with Crippen LogP contribution < -0.4 is 11.1 Å². The van der Waals surface area contributed by atoms with Gasteiger partial charge < -0.3 is 15.8 Å². The molecule has 2 saturated heterocycles. The van der Waals surface area contributed by atoms with Gasteiger partial charge in [0.05, 0.1) is 10.3 Å². The Labute approximate surface area is 161 Å². The molecule has 0 spiro atoms. The topological polar surface area (TPSA) is 102 Å². The lowest BCUT2D eigenvalue weighted by molar-refractivity contribution is -0.136. The Hall–Kier alpha value is -1.48. The van der Waals surface area contributed by atoms with E-state index in [2.05, 4.69) is 5.32 Å². The molecule has 2 aliphatic heterocycles. The molecule has 150 valence electrons. The first kappa shape index (κ1) is 20.3. The average Bonchev–Trinajstić information content (AvgIpc) is 2.73. The lowest BCUT2D eigenvalue weighted by Crippen LogP contribution is -2.50. The van der Waals surface area contributed by atoms with E-state index in [-0.39, 0.29) is 11.8 Å². The molecule has 2 fully saturated rings. The number of hydrogen-bond donors (Lipinski definition) is 2. The van der Waals surface area contributed by atoms with Crippen LogP contribution in [-0.4, -0.2) is 58.0 Å². The predicted octanol–water partition coefficient (Wildman–Crippen LogP) is 0.959. The van der Waals surface area contributed by atoms with Gasteiger partial charge in [0.25, 0.3) is 0 Å². The van der Waals surface area contributed by atoms with E-state index in [1.165, 1.54) is 0 Å². The van der Waals surface area contributed by atoms with Crippen LogP contribution in [0.4, 0.5) is 0 Å². The molecule has 7 nitrogen and oxygen atoms in total. The Morgan fingerprint density at radius 2 is 1.81 bits per heavy atom. The largest absolute Gasteiger partial charge is 0.381 e. The quantitative estimate of drug-likeness (QED) is 0.747. The number of piperidine rings is 1. The molecule has 0 saturated carbocycles. The summed E-state index contributed by atoms with van der Waals surface area (Å²) in [4.78, 5) is 13.0. The predicted molar refractivity (Wildman–Crippen MR) is 102 cm³/mol. The first-order valence-electron chi connectivity index (χ1n) is 9.59. The highest BCUT2D eigenvalue weighted by atomic mass is 32.2. The van der Waals surface area contributed by atoms with E-state index in [0.29, 0.717) is 57.1 Å². The number of benzene rings is 1. The van der Waals surface area contributed by atoms with Crippen LogP contribution in [0.5, 0.6) is 0 Å². The van der Waals surface area contributed by atoms with Gasteiger partial charge in [-0.15, -0.1) is 0 Å². The van der Waals surface area contributed by atoms with Crippen LogP contribution in [0.15, 0.2) is 35.2 Å². The molecule has 0 atom stereocenters. The third-order valence-electron chi connectivity index (χ3n) is 5.83. The second kappa shape index (κ2) is 8.68. The van der Waals surface area contributed by atoms with Gasteiger partial charge in [0.2, 0.25) is 15.9 Å². The maximum atomic E-state index is 12.7. The van der Waals surface area contributed by atoms with E-state index >= 15 is 0 Å². The van der Waals surface area contributed by atoms with Crippen molar-refractivity contribution in [1.82, 2.24) is 9.62 Å². The molecular weight excluding hydrogens is 366 g/mol. The molecule has 2 heterocycles. The standard InChI is InChI=1S/C19H29N3O4S/c20-15-19(8-12-26-13-9-19)18(23)21-14-16-6-10-22(11-7-16)27(24,25)17-4-2-1-3-5-17/h1-5,16H,6-15,20H2,(H,21,23). The number of nitrogens with two attached hydrogens (primary N) is 1. The molecule has 0 radical (unpaired) electrons. The molecule has 0 aliphatic carbocycles. The highest BCUT2D eigenvalue weighted by Gasteiger charge is 2.39. The number of carbonyl (C=O) groups excluding carboxylic acids is 1. The van der Waals surface area contributed by atoms with Gasteiger partial charge in [-0.05, 0) is 43.7 Å². The summed E-state index contributed by atoms with van der Waals surface area (Å²) in [5, 5.41) is 3.06. The summed E-state index contributed by atoms with van der Waals surface area (Å²) in [7, 11) is -3.43. The van der Waals surface area contributed by atoms with Crippen molar-refractivity contribution >= 4 is 15.9 Å². The van der Waals surface area contributed by atoms with Crippen molar-refractivity contribution < 1.29 is 17.9 Å². The Kier molecular flexibility index (Phi) is 6.52. The van der Waals surface area contributed by atoms with Crippen LogP contribution in [-0.2, 0) is 19.6 Å². The van der Waals surface area contributed by atoms with Gasteiger partial charge in [-0.1, -0.05) is 18.2 Å². The molecule has 8 heteroatoms. The molecule has 3 N–H and O–H groups in total. The number of amides is 1. The van der Waals surface area contributed by atoms with Crippen LogP contribution in [0.3, 0.4) is 0 Å². The number of ether oxygens (including phenoxy) is 1. The van der Waals surface area contributed by atoms with Crippen LogP contribution in [0.25, 0.3) is 0 Å². The summed E-state index contributed by atoms with van der Waals surface area (Å²) in [5.41, 5.74) is 5.36. The van der Waals surface area contributed by atoms with Gasteiger partial charge in [-0.2, -0.15) is 4.31 Å². The summed E-state index contributed by atoms with van der Waals surface area (Å²) in [6.45, 7) is 3.00. The first-order valence-corrected chi connectivity index (χ1v) is 11.0. The number of nitrogens with one attached hydrogen (secondary N) is 1. The first-order chi connectivity index (χ1) is 13.0. The van der Waals surface area contributed by atoms with Crippen molar-refractivity contribution in [1.29, 1.82) is 0 Å². The van der Waals surface area contributed by atoms with Crippen LogP contribution in [0.1, 0.15) is 25.7 Å². The van der Waals surface area contributed by atoms with Gasteiger partial charge in [0, 0.05) is 39.4 Å².